The van der Waals surface area contributed by atoms with Gasteiger partial charge in [0.15, 0.2) is 0 Å². The number of carbonyl (C=O) groups excluding carboxylic acids is 1. The molecule has 0 aromatic carbocycles. The monoisotopic (exact) mass is 348 g/mol. The van der Waals surface area contributed by atoms with E-state index < -0.39 is 31.0 Å². The number of hydrogen-bond donors (Lipinski definition) is 0. The molecule has 128 valence electrons. The van der Waals surface area contributed by atoms with Crippen LogP contribution in [0.15, 0.2) is 12.7 Å². The third-order valence-electron chi connectivity index (χ3n) is 3.17. The molecule has 1 atom stereocenters. The first-order valence-electron chi connectivity index (χ1n) is 6.65. The minimum absolute atomic E-state index is 0.104. The molecule has 0 aromatic rings. The Morgan fingerprint density at radius 1 is 1.27 bits per heavy atom. The summed E-state index contributed by atoms with van der Waals surface area (Å²) in [6.45, 7) is 2.14. The molecule has 1 heterocycles. The summed E-state index contributed by atoms with van der Waals surface area (Å²) in [4.78, 5) is 11.2. The summed E-state index contributed by atoms with van der Waals surface area (Å²) >= 11 is 1.74. The molecule has 1 saturated heterocycles. The van der Waals surface area contributed by atoms with Crippen molar-refractivity contribution in [1.82, 2.24) is 0 Å². The Morgan fingerprint density at radius 3 is 2.36 bits per heavy atom. The number of carbonyl (C=O) groups is 1. The molecule has 9 heteroatoms. The quantitative estimate of drug-likeness (QED) is 0.398. The van der Waals surface area contributed by atoms with E-state index in [2.05, 4.69) is 11.3 Å². The van der Waals surface area contributed by atoms with Gasteiger partial charge in [0, 0.05) is 6.08 Å². The van der Waals surface area contributed by atoms with Gasteiger partial charge in [-0.3, -0.25) is 0 Å². The molecule has 0 N–H and O–H groups in total. The van der Waals surface area contributed by atoms with E-state index in [1.54, 1.807) is 11.8 Å². The van der Waals surface area contributed by atoms with Gasteiger partial charge in [0.1, 0.15) is 6.10 Å². The predicted octanol–water partition coefficient (Wildman–Crippen LogP) is 3.79. The van der Waals surface area contributed by atoms with Crippen LogP contribution in [-0.4, -0.2) is 42.5 Å². The third kappa shape index (κ3) is 6.12. The molecule has 0 aliphatic carbocycles. The maximum Gasteiger partial charge on any atom is 0.482 e. The largest absolute Gasteiger partial charge is 0.482 e. The maximum absolute atomic E-state index is 12.8. The Morgan fingerprint density at radius 2 is 1.86 bits per heavy atom. The highest BCUT2D eigenvalue weighted by Crippen LogP contribution is 2.37. The highest BCUT2D eigenvalue weighted by atomic mass is 32.2. The second kappa shape index (κ2) is 8.14. The van der Waals surface area contributed by atoms with Crippen molar-refractivity contribution >= 4 is 17.7 Å². The lowest BCUT2D eigenvalue weighted by Gasteiger charge is -2.27. The molecule has 0 saturated carbocycles. The van der Waals surface area contributed by atoms with Gasteiger partial charge in [-0.2, -0.15) is 33.7 Å². The summed E-state index contributed by atoms with van der Waals surface area (Å²) in [6, 6.07) is 0. The number of esters is 1. The number of thioether (sulfide) groups is 1. The molecule has 3 nitrogen and oxygen atoms in total. The van der Waals surface area contributed by atoms with Crippen LogP contribution in [0.3, 0.4) is 0 Å². The van der Waals surface area contributed by atoms with Gasteiger partial charge < -0.3 is 9.47 Å². The third-order valence-corrected chi connectivity index (χ3v) is 4.22. The molecule has 0 spiro atoms. The van der Waals surface area contributed by atoms with Crippen LogP contribution in [0.25, 0.3) is 0 Å². The lowest BCUT2D eigenvalue weighted by molar-refractivity contribution is -0.394. The van der Waals surface area contributed by atoms with E-state index in [1.807, 2.05) is 0 Å². The van der Waals surface area contributed by atoms with Gasteiger partial charge in [0.2, 0.25) is 0 Å². The van der Waals surface area contributed by atoms with Gasteiger partial charge in [-0.1, -0.05) is 6.58 Å². The fourth-order valence-corrected chi connectivity index (χ4v) is 3.20. The van der Waals surface area contributed by atoms with Crippen molar-refractivity contribution in [3.05, 3.63) is 12.7 Å². The van der Waals surface area contributed by atoms with E-state index in [0.29, 0.717) is 0 Å². The van der Waals surface area contributed by atoms with Crippen LogP contribution in [0.5, 0.6) is 0 Å². The van der Waals surface area contributed by atoms with Crippen LogP contribution in [0.2, 0.25) is 0 Å². The molecule has 1 aliphatic rings. The molecule has 0 aromatic heterocycles. The smallest absolute Gasteiger partial charge is 0.457 e. The molecule has 0 amide bonds. The SMILES string of the molecule is C=CC(=O)OC(COC(F)(F)C(F)(F)F)CC1CCSCC1. The molecule has 0 radical (unpaired) electrons. The standard InChI is InChI=1S/C13H17F5O3S/c1-2-11(19)21-10(7-9-3-5-22-6-4-9)8-20-13(17,18)12(14,15)16/h2,9-10H,1,3-8H2. The lowest BCUT2D eigenvalue weighted by Crippen LogP contribution is -2.41. The average Bonchev–Trinajstić information content (AvgIpc) is 2.44. The Kier molecular flexibility index (Phi) is 7.11. The van der Waals surface area contributed by atoms with Gasteiger partial charge in [0.05, 0.1) is 6.61 Å². The lowest BCUT2D eigenvalue weighted by atomic mass is 9.96. The minimum Gasteiger partial charge on any atom is -0.457 e. The second-order valence-corrected chi connectivity index (χ2v) is 6.10. The highest BCUT2D eigenvalue weighted by Gasteiger charge is 2.59. The molecule has 1 rings (SSSR count). The summed E-state index contributed by atoms with van der Waals surface area (Å²) in [5.74, 6) is 0.986. The first kappa shape index (κ1) is 19.2. The number of hydrogen-bond acceptors (Lipinski definition) is 4. The van der Waals surface area contributed by atoms with Crippen molar-refractivity contribution in [3.8, 4) is 0 Å². The van der Waals surface area contributed by atoms with Crippen molar-refractivity contribution in [1.29, 1.82) is 0 Å². The number of alkyl halides is 5. The highest BCUT2D eigenvalue weighted by molar-refractivity contribution is 7.99. The fraction of sp³-hybridized carbons (Fsp3) is 0.769. The number of rotatable bonds is 7. The predicted molar refractivity (Wildman–Crippen MR) is 71.7 cm³/mol. The van der Waals surface area contributed by atoms with Crippen molar-refractivity contribution < 1.29 is 36.2 Å². The minimum atomic E-state index is -5.80. The van der Waals surface area contributed by atoms with E-state index in [0.717, 1.165) is 30.4 Å². The van der Waals surface area contributed by atoms with Crippen molar-refractivity contribution in [2.75, 3.05) is 18.1 Å². The van der Waals surface area contributed by atoms with E-state index in [9.17, 15) is 26.7 Å². The summed E-state index contributed by atoms with van der Waals surface area (Å²) in [5.41, 5.74) is 0. The van der Waals surface area contributed by atoms with E-state index in [-0.39, 0.29) is 12.3 Å². The van der Waals surface area contributed by atoms with Crippen LogP contribution in [0, 0.1) is 5.92 Å². The van der Waals surface area contributed by atoms with Crippen molar-refractivity contribution in [2.24, 2.45) is 5.92 Å². The summed E-state index contributed by atoms with van der Waals surface area (Å²) in [6.07, 6.45) is -9.63. The normalized spacial score (nSPS) is 18.8. The van der Waals surface area contributed by atoms with E-state index in [4.69, 9.17) is 4.74 Å². The molecule has 22 heavy (non-hydrogen) atoms. The zero-order valence-electron chi connectivity index (χ0n) is 11.7. The molecular formula is C13H17F5O3S. The Bertz CT molecular complexity index is 380. The number of ether oxygens (including phenoxy) is 2. The molecule has 1 unspecified atom stereocenters. The topological polar surface area (TPSA) is 35.5 Å². The average molecular weight is 348 g/mol. The van der Waals surface area contributed by atoms with Crippen LogP contribution in [0.1, 0.15) is 19.3 Å². The van der Waals surface area contributed by atoms with Crippen LogP contribution < -0.4 is 0 Å². The zero-order valence-corrected chi connectivity index (χ0v) is 12.5. The van der Waals surface area contributed by atoms with Gasteiger partial charge in [-0.25, -0.2) is 4.79 Å². The van der Waals surface area contributed by atoms with Gasteiger partial charge in [-0.05, 0) is 36.7 Å². The van der Waals surface area contributed by atoms with Gasteiger partial charge in [0.25, 0.3) is 0 Å². The first-order chi connectivity index (χ1) is 10.2. The van der Waals surface area contributed by atoms with Gasteiger partial charge >= 0.3 is 18.3 Å². The molecular weight excluding hydrogens is 331 g/mol. The summed E-state index contributed by atoms with van der Waals surface area (Å²) in [5, 5.41) is 0. The summed E-state index contributed by atoms with van der Waals surface area (Å²) < 4.78 is 70.3. The second-order valence-electron chi connectivity index (χ2n) is 4.88. The Balaban J connectivity index is 2.61. The fourth-order valence-electron chi connectivity index (χ4n) is 2.00. The molecule has 0 bridgehead atoms. The Hall–Kier alpha value is -0.830. The maximum atomic E-state index is 12.8. The van der Waals surface area contributed by atoms with Crippen LogP contribution in [-0.2, 0) is 14.3 Å². The molecule has 1 aliphatic heterocycles. The van der Waals surface area contributed by atoms with Crippen LogP contribution >= 0.6 is 11.8 Å². The van der Waals surface area contributed by atoms with Crippen molar-refractivity contribution in [3.63, 3.8) is 0 Å². The van der Waals surface area contributed by atoms with E-state index in [1.165, 1.54) is 0 Å². The summed E-state index contributed by atoms with van der Waals surface area (Å²) in [7, 11) is 0. The first-order valence-corrected chi connectivity index (χ1v) is 7.80. The van der Waals surface area contributed by atoms with E-state index >= 15 is 0 Å². The van der Waals surface area contributed by atoms with Crippen LogP contribution in [0.4, 0.5) is 22.0 Å². The van der Waals surface area contributed by atoms with Crippen molar-refractivity contribution in [2.45, 2.75) is 37.7 Å². The zero-order chi connectivity index (χ0) is 16.8. The Labute approximate surface area is 129 Å². The van der Waals surface area contributed by atoms with Gasteiger partial charge in [-0.15, -0.1) is 0 Å². The molecule has 1 fully saturated rings. The number of halogens is 5.